The van der Waals surface area contributed by atoms with E-state index in [-0.39, 0.29) is 23.1 Å². The van der Waals surface area contributed by atoms with Crippen molar-refractivity contribution in [1.29, 1.82) is 0 Å². The predicted octanol–water partition coefficient (Wildman–Crippen LogP) is 1.36. The van der Waals surface area contributed by atoms with Gasteiger partial charge in [0.1, 0.15) is 5.56 Å². The number of piperidine rings is 1. The number of thioether (sulfide) groups is 1. The fraction of sp³-hybridized carbons (Fsp3) is 0.615. The normalized spacial score (nSPS) is 22.4. The third-order valence-electron chi connectivity index (χ3n) is 3.85. The molecule has 1 aromatic heterocycles. The number of hydrogen-bond acceptors (Lipinski definition) is 4. The molecular weight excluding hydrogens is 262 g/mol. The van der Waals surface area contributed by atoms with Gasteiger partial charge in [-0.2, -0.15) is 0 Å². The van der Waals surface area contributed by atoms with E-state index in [1.165, 1.54) is 6.20 Å². The van der Waals surface area contributed by atoms with Crippen LogP contribution < -0.4 is 5.56 Å². The van der Waals surface area contributed by atoms with Gasteiger partial charge < -0.3 is 4.90 Å². The molecular formula is C13H17N3O2S. The largest absolute Gasteiger partial charge is 0.336 e. The molecule has 1 saturated heterocycles. The first-order chi connectivity index (χ1) is 9.18. The van der Waals surface area contributed by atoms with Crippen LogP contribution in [-0.2, 0) is 6.54 Å². The molecule has 6 heteroatoms. The summed E-state index contributed by atoms with van der Waals surface area (Å²) in [6.45, 7) is 3.45. The van der Waals surface area contributed by atoms with Gasteiger partial charge in [-0.1, -0.05) is 11.8 Å². The molecule has 0 unspecified atom stereocenters. The Bertz CT molecular complexity index is 569. The molecule has 1 aromatic rings. The van der Waals surface area contributed by atoms with E-state index in [1.807, 2.05) is 11.8 Å². The van der Waals surface area contributed by atoms with E-state index >= 15 is 0 Å². The van der Waals surface area contributed by atoms with E-state index in [9.17, 15) is 9.59 Å². The summed E-state index contributed by atoms with van der Waals surface area (Å²) in [5.41, 5.74) is 0.0396. The highest BCUT2D eigenvalue weighted by Gasteiger charge is 2.28. The molecule has 0 N–H and O–H groups in total. The Morgan fingerprint density at radius 3 is 3.05 bits per heavy atom. The number of likely N-dealkylation sites (tertiary alicyclic amines) is 1. The lowest BCUT2D eigenvalue weighted by molar-refractivity contribution is 0.0632. The van der Waals surface area contributed by atoms with Crippen molar-refractivity contribution >= 4 is 17.7 Å². The van der Waals surface area contributed by atoms with Crippen LogP contribution in [0.2, 0.25) is 0 Å². The monoisotopic (exact) mass is 279 g/mol. The third-order valence-corrected chi connectivity index (χ3v) is 4.82. The van der Waals surface area contributed by atoms with Crippen molar-refractivity contribution < 1.29 is 4.79 Å². The van der Waals surface area contributed by atoms with Crippen LogP contribution in [0.4, 0.5) is 0 Å². The molecule has 3 rings (SSSR count). The zero-order valence-corrected chi connectivity index (χ0v) is 11.8. The van der Waals surface area contributed by atoms with Crippen molar-refractivity contribution in [2.45, 2.75) is 43.9 Å². The Morgan fingerprint density at radius 1 is 1.42 bits per heavy atom. The number of fused-ring (bicyclic) bond motifs is 1. The Labute approximate surface area is 116 Å². The molecule has 1 amide bonds. The lowest BCUT2D eigenvalue weighted by Gasteiger charge is -2.33. The van der Waals surface area contributed by atoms with Crippen LogP contribution in [0, 0.1) is 0 Å². The van der Waals surface area contributed by atoms with Crippen molar-refractivity contribution in [2.75, 3.05) is 12.3 Å². The fourth-order valence-corrected chi connectivity index (χ4v) is 3.63. The van der Waals surface area contributed by atoms with Gasteiger partial charge in [-0.05, 0) is 26.2 Å². The van der Waals surface area contributed by atoms with Gasteiger partial charge in [-0.3, -0.25) is 14.2 Å². The van der Waals surface area contributed by atoms with Crippen LogP contribution >= 0.6 is 11.8 Å². The Morgan fingerprint density at radius 2 is 2.26 bits per heavy atom. The van der Waals surface area contributed by atoms with Gasteiger partial charge in [0.2, 0.25) is 0 Å². The second-order valence-corrected chi connectivity index (χ2v) is 6.17. The summed E-state index contributed by atoms with van der Waals surface area (Å²) >= 11 is 1.57. The second kappa shape index (κ2) is 5.00. The van der Waals surface area contributed by atoms with Gasteiger partial charge in [-0.25, -0.2) is 4.98 Å². The lowest BCUT2D eigenvalue weighted by atomic mass is 10.0. The molecule has 0 spiro atoms. The van der Waals surface area contributed by atoms with Crippen molar-refractivity contribution in [2.24, 2.45) is 0 Å². The van der Waals surface area contributed by atoms with E-state index < -0.39 is 0 Å². The van der Waals surface area contributed by atoms with Crippen LogP contribution in [0.25, 0.3) is 0 Å². The zero-order valence-electron chi connectivity index (χ0n) is 11.0. The minimum Gasteiger partial charge on any atom is -0.336 e. The Kier molecular flexibility index (Phi) is 3.35. The van der Waals surface area contributed by atoms with E-state index in [0.717, 1.165) is 36.7 Å². The van der Waals surface area contributed by atoms with Gasteiger partial charge >= 0.3 is 0 Å². The van der Waals surface area contributed by atoms with E-state index in [2.05, 4.69) is 4.98 Å². The molecule has 1 fully saturated rings. The summed E-state index contributed by atoms with van der Waals surface area (Å²) in [6, 6.07) is 0.216. The van der Waals surface area contributed by atoms with Crippen molar-refractivity contribution in [3.05, 3.63) is 22.1 Å². The van der Waals surface area contributed by atoms with Crippen molar-refractivity contribution in [1.82, 2.24) is 14.5 Å². The number of amides is 1. The summed E-state index contributed by atoms with van der Waals surface area (Å²) in [4.78, 5) is 30.9. The number of nitrogens with zero attached hydrogens (tertiary/aromatic N) is 3. The SMILES string of the molecule is C[C@@H]1CCCCN1C(=O)c1cnc2n(c1=O)CCS2. The zero-order chi connectivity index (χ0) is 13.4. The molecule has 19 heavy (non-hydrogen) atoms. The summed E-state index contributed by atoms with van der Waals surface area (Å²) in [5.74, 6) is 0.705. The summed E-state index contributed by atoms with van der Waals surface area (Å²) in [5, 5.41) is 0.730. The highest BCUT2D eigenvalue weighted by atomic mass is 32.2. The van der Waals surface area contributed by atoms with E-state index in [0.29, 0.717) is 6.54 Å². The molecule has 1 atom stereocenters. The number of aromatic nitrogens is 2. The lowest BCUT2D eigenvalue weighted by Crippen LogP contribution is -2.44. The average Bonchev–Trinajstić information content (AvgIpc) is 2.88. The maximum atomic E-state index is 12.5. The van der Waals surface area contributed by atoms with Crippen LogP contribution in [0.15, 0.2) is 16.1 Å². The van der Waals surface area contributed by atoms with Crippen LogP contribution in [0.3, 0.4) is 0 Å². The van der Waals surface area contributed by atoms with Crippen LogP contribution in [0.1, 0.15) is 36.5 Å². The summed E-state index contributed by atoms with van der Waals surface area (Å²) in [7, 11) is 0. The van der Waals surface area contributed by atoms with E-state index in [1.54, 1.807) is 16.3 Å². The second-order valence-electron chi connectivity index (χ2n) is 5.10. The van der Waals surface area contributed by atoms with Gasteiger partial charge in [0.05, 0.1) is 0 Å². The smallest absolute Gasteiger partial charge is 0.267 e. The van der Waals surface area contributed by atoms with Crippen LogP contribution in [0.5, 0.6) is 0 Å². The predicted molar refractivity (Wildman–Crippen MR) is 73.6 cm³/mol. The Hall–Kier alpha value is -1.30. The molecule has 5 nitrogen and oxygen atoms in total. The summed E-state index contributed by atoms with van der Waals surface area (Å²) < 4.78 is 1.62. The van der Waals surface area contributed by atoms with Crippen molar-refractivity contribution in [3.8, 4) is 0 Å². The first-order valence-corrected chi connectivity index (χ1v) is 7.70. The number of carbonyl (C=O) groups excluding carboxylic acids is 1. The average molecular weight is 279 g/mol. The maximum absolute atomic E-state index is 12.5. The van der Waals surface area contributed by atoms with Gasteiger partial charge in [0, 0.05) is 31.1 Å². The maximum Gasteiger partial charge on any atom is 0.267 e. The minimum absolute atomic E-state index is 0.156. The van der Waals surface area contributed by atoms with Crippen LogP contribution in [-0.4, -0.2) is 38.7 Å². The van der Waals surface area contributed by atoms with E-state index in [4.69, 9.17) is 0 Å². The first-order valence-electron chi connectivity index (χ1n) is 6.72. The number of carbonyl (C=O) groups is 1. The molecule has 2 aliphatic rings. The standard InChI is InChI=1S/C13H17N3O2S/c1-9-4-2-3-5-15(9)11(17)10-8-14-13-16(12(10)18)6-7-19-13/h8-9H,2-7H2,1H3/t9-/m1/s1. The highest BCUT2D eigenvalue weighted by Crippen LogP contribution is 2.22. The molecule has 0 aromatic carbocycles. The van der Waals surface area contributed by atoms with Gasteiger partial charge in [0.25, 0.3) is 11.5 Å². The fourth-order valence-electron chi connectivity index (χ4n) is 2.72. The highest BCUT2D eigenvalue weighted by molar-refractivity contribution is 7.99. The topological polar surface area (TPSA) is 55.2 Å². The van der Waals surface area contributed by atoms with Gasteiger partial charge in [-0.15, -0.1) is 0 Å². The molecule has 102 valence electrons. The minimum atomic E-state index is -0.183. The molecule has 0 bridgehead atoms. The molecule has 2 aliphatic heterocycles. The first kappa shape index (κ1) is 12.7. The quantitative estimate of drug-likeness (QED) is 0.728. The summed E-state index contributed by atoms with van der Waals surface area (Å²) in [6.07, 6.45) is 4.64. The molecule has 0 radical (unpaired) electrons. The third kappa shape index (κ3) is 2.18. The Balaban J connectivity index is 1.94. The molecule has 0 saturated carbocycles. The van der Waals surface area contributed by atoms with Gasteiger partial charge in [0.15, 0.2) is 5.16 Å². The number of rotatable bonds is 1. The molecule has 3 heterocycles. The van der Waals surface area contributed by atoms with Crippen molar-refractivity contribution in [3.63, 3.8) is 0 Å². The molecule has 0 aliphatic carbocycles. The number of hydrogen-bond donors (Lipinski definition) is 0.